The summed E-state index contributed by atoms with van der Waals surface area (Å²) in [7, 11) is 0. The van der Waals surface area contributed by atoms with Gasteiger partial charge in [-0.15, -0.1) is 0 Å². The quantitative estimate of drug-likeness (QED) is 0.0218. The van der Waals surface area contributed by atoms with Gasteiger partial charge in [-0.25, -0.2) is 0 Å². The second kappa shape index (κ2) is 39.4. The summed E-state index contributed by atoms with van der Waals surface area (Å²) in [5.74, 6) is -0.703. The molecule has 11 heteroatoms. The normalized spacial score (nSPS) is 21.6. The summed E-state index contributed by atoms with van der Waals surface area (Å²) in [6.07, 6.45) is 31.2. The highest BCUT2D eigenvalue weighted by molar-refractivity contribution is 5.80. The van der Waals surface area contributed by atoms with Crippen LogP contribution >= 0.6 is 0 Å². The molecule has 0 aliphatic carbocycles. The summed E-state index contributed by atoms with van der Waals surface area (Å²) in [5, 5.41) is 75.7. The number of aliphatic hydroxyl groups is 7. The lowest BCUT2D eigenvalue weighted by Gasteiger charge is -2.40. The third kappa shape index (κ3) is 28.5. The van der Waals surface area contributed by atoms with E-state index in [1.54, 1.807) is 0 Å². The molecule has 0 bridgehead atoms. The molecule has 1 amide bonds. The predicted octanol–water partition coefficient (Wildman–Crippen LogP) is 8.84. The third-order valence-electron chi connectivity index (χ3n) is 12.3. The summed E-state index contributed by atoms with van der Waals surface area (Å²) < 4.78 is 11.1. The molecule has 11 nitrogen and oxygen atoms in total. The van der Waals surface area contributed by atoms with E-state index in [4.69, 9.17) is 9.47 Å². The maximum atomic E-state index is 13.1. The number of carbonyl (C=O) groups excluding carboxylic acids is 1. The van der Waals surface area contributed by atoms with Gasteiger partial charge < -0.3 is 50.5 Å². The van der Waals surface area contributed by atoms with Crippen LogP contribution in [0.3, 0.4) is 0 Å². The number of nitrogens with one attached hydrogen (secondary N) is 1. The van der Waals surface area contributed by atoms with Crippen LogP contribution in [-0.4, -0.2) is 110 Å². The first kappa shape index (κ1) is 56.9. The van der Waals surface area contributed by atoms with Crippen molar-refractivity contribution in [3.05, 3.63) is 12.2 Å². The molecule has 0 aromatic rings. The molecule has 1 aliphatic rings. The molecule has 356 valence electrons. The van der Waals surface area contributed by atoms with E-state index in [9.17, 15) is 40.5 Å². The minimum atomic E-state index is -1.66. The molecule has 0 aromatic carbocycles. The van der Waals surface area contributed by atoms with Crippen LogP contribution in [0.15, 0.2) is 12.2 Å². The zero-order valence-electron chi connectivity index (χ0n) is 38.5. The molecule has 0 radical (unpaired) electrons. The smallest absolute Gasteiger partial charge is 0.249 e. The number of hydrogen-bond donors (Lipinski definition) is 8. The fraction of sp³-hybridized carbons (Fsp3) is 0.939. The molecule has 0 aromatic heterocycles. The van der Waals surface area contributed by atoms with E-state index in [0.717, 1.165) is 38.5 Å². The van der Waals surface area contributed by atoms with Gasteiger partial charge in [0.2, 0.25) is 5.91 Å². The predicted molar refractivity (Wildman–Crippen MR) is 243 cm³/mol. The van der Waals surface area contributed by atoms with Gasteiger partial charge in [-0.1, -0.05) is 199 Å². The highest BCUT2D eigenvalue weighted by Gasteiger charge is 2.44. The van der Waals surface area contributed by atoms with Gasteiger partial charge in [-0.3, -0.25) is 4.79 Å². The summed E-state index contributed by atoms with van der Waals surface area (Å²) in [5.41, 5.74) is 0. The number of amides is 1. The van der Waals surface area contributed by atoms with Crippen LogP contribution in [0.4, 0.5) is 0 Å². The minimum Gasteiger partial charge on any atom is -0.394 e. The lowest BCUT2D eigenvalue weighted by atomic mass is 9.98. The van der Waals surface area contributed by atoms with Crippen molar-refractivity contribution in [1.82, 2.24) is 5.32 Å². The Bertz CT molecular complexity index is 986. The molecule has 1 fully saturated rings. The highest BCUT2D eigenvalue weighted by Crippen LogP contribution is 2.23. The zero-order valence-corrected chi connectivity index (χ0v) is 38.5. The van der Waals surface area contributed by atoms with Gasteiger partial charge in [0.25, 0.3) is 0 Å². The van der Waals surface area contributed by atoms with Gasteiger partial charge in [-0.2, -0.15) is 0 Å². The van der Waals surface area contributed by atoms with Crippen molar-refractivity contribution < 1.29 is 50.0 Å². The Morgan fingerprint density at radius 2 is 0.983 bits per heavy atom. The zero-order chi connectivity index (χ0) is 44.1. The molecule has 1 saturated heterocycles. The van der Waals surface area contributed by atoms with Crippen LogP contribution in [0.25, 0.3) is 0 Å². The monoisotopic (exact) mass is 858 g/mol. The van der Waals surface area contributed by atoms with Crippen molar-refractivity contribution in [2.45, 2.75) is 281 Å². The number of carbonyl (C=O) groups is 1. The second-order valence-electron chi connectivity index (χ2n) is 17.9. The average molecular weight is 858 g/mol. The summed E-state index contributed by atoms with van der Waals surface area (Å²) in [6, 6.07) is -1.18. The number of aliphatic hydroxyl groups excluding tert-OH is 7. The fourth-order valence-corrected chi connectivity index (χ4v) is 8.15. The van der Waals surface area contributed by atoms with Gasteiger partial charge in [0, 0.05) is 0 Å². The van der Waals surface area contributed by atoms with Gasteiger partial charge in [0.15, 0.2) is 6.29 Å². The van der Waals surface area contributed by atoms with Crippen LogP contribution in [0.2, 0.25) is 0 Å². The number of unbranched alkanes of at least 4 members (excludes halogenated alkanes) is 28. The molecular formula is C49H95NO10. The maximum Gasteiger partial charge on any atom is 0.249 e. The number of ether oxygens (including phenoxy) is 2. The van der Waals surface area contributed by atoms with E-state index in [0.29, 0.717) is 12.8 Å². The number of allylic oxidation sites excluding steroid dienone is 2. The Hall–Kier alpha value is -1.15. The Morgan fingerprint density at radius 1 is 0.567 bits per heavy atom. The Kier molecular flexibility index (Phi) is 37.4. The third-order valence-corrected chi connectivity index (χ3v) is 12.3. The Labute approximate surface area is 366 Å². The molecule has 0 spiro atoms. The largest absolute Gasteiger partial charge is 0.394 e. The topological polar surface area (TPSA) is 189 Å². The molecule has 9 unspecified atom stereocenters. The van der Waals surface area contributed by atoms with Crippen molar-refractivity contribution in [3.63, 3.8) is 0 Å². The lowest BCUT2D eigenvalue weighted by molar-refractivity contribution is -0.303. The minimum absolute atomic E-state index is 0.259. The SMILES string of the molecule is CCCCCCCCCC/C=C/CCCC(O)C(O)C(COC1OC(CO)C(O)C(O)C1O)NC(=O)C(O)CCCCCCCCCCCCCCCCCCCCCC. The van der Waals surface area contributed by atoms with E-state index >= 15 is 0 Å². The Morgan fingerprint density at radius 3 is 1.43 bits per heavy atom. The molecule has 0 saturated carbocycles. The number of rotatable bonds is 42. The molecule has 9 atom stereocenters. The van der Waals surface area contributed by atoms with Crippen molar-refractivity contribution >= 4 is 5.91 Å². The maximum absolute atomic E-state index is 13.1. The van der Waals surface area contributed by atoms with Crippen LogP contribution < -0.4 is 5.32 Å². The molecule has 60 heavy (non-hydrogen) atoms. The molecule has 1 heterocycles. The van der Waals surface area contributed by atoms with Crippen LogP contribution in [0.5, 0.6) is 0 Å². The second-order valence-corrected chi connectivity index (χ2v) is 17.9. The van der Waals surface area contributed by atoms with E-state index in [-0.39, 0.29) is 12.8 Å². The summed E-state index contributed by atoms with van der Waals surface area (Å²) in [6.45, 7) is 3.43. The van der Waals surface area contributed by atoms with Crippen molar-refractivity contribution in [2.75, 3.05) is 13.2 Å². The van der Waals surface area contributed by atoms with E-state index in [2.05, 4.69) is 31.3 Å². The first-order valence-electron chi connectivity index (χ1n) is 25.1. The van der Waals surface area contributed by atoms with E-state index in [1.807, 2.05) is 0 Å². The first-order valence-corrected chi connectivity index (χ1v) is 25.1. The standard InChI is InChI=1S/C49H95NO10/c1-3-5-7-9-11-13-15-17-18-19-20-21-22-23-25-27-29-31-33-35-37-42(53)48(58)50-40(39-59-49-47(57)46(56)45(55)43(38-51)60-49)44(54)41(52)36-34-32-30-28-26-24-16-14-12-10-8-6-4-2/h28,30,40-47,49,51-57H,3-27,29,31-39H2,1-2H3,(H,50,58)/b30-28+. The summed E-state index contributed by atoms with van der Waals surface area (Å²) >= 11 is 0. The van der Waals surface area contributed by atoms with Gasteiger partial charge in [0.1, 0.15) is 36.6 Å². The van der Waals surface area contributed by atoms with Crippen molar-refractivity contribution in [2.24, 2.45) is 0 Å². The van der Waals surface area contributed by atoms with Crippen molar-refractivity contribution in [3.8, 4) is 0 Å². The average Bonchev–Trinajstić information content (AvgIpc) is 3.25. The first-order chi connectivity index (χ1) is 29.2. The molecule has 1 rings (SSSR count). The van der Waals surface area contributed by atoms with Crippen LogP contribution in [0.1, 0.15) is 226 Å². The van der Waals surface area contributed by atoms with Gasteiger partial charge >= 0.3 is 0 Å². The van der Waals surface area contributed by atoms with Crippen molar-refractivity contribution in [1.29, 1.82) is 0 Å². The van der Waals surface area contributed by atoms with Crippen LogP contribution in [0, 0.1) is 0 Å². The highest BCUT2D eigenvalue weighted by atomic mass is 16.7. The Balaban J connectivity index is 2.39. The fourth-order valence-electron chi connectivity index (χ4n) is 8.15. The lowest BCUT2D eigenvalue weighted by Crippen LogP contribution is -2.60. The number of hydrogen-bond acceptors (Lipinski definition) is 10. The van der Waals surface area contributed by atoms with E-state index < -0.39 is 74.2 Å². The summed E-state index contributed by atoms with van der Waals surface area (Å²) in [4.78, 5) is 13.1. The van der Waals surface area contributed by atoms with Gasteiger partial charge in [0.05, 0.1) is 25.4 Å². The molecule has 8 N–H and O–H groups in total. The molecular weight excluding hydrogens is 763 g/mol. The van der Waals surface area contributed by atoms with E-state index in [1.165, 1.54) is 148 Å². The van der Waals surface area contributed by atoms with Crippen LogP contribution in [-0.2, 0) is 14.3 Å². The molecule has 1 aliphatic heterocycles. The van der Waals surface area contributed by atoms with Gasteiger partial charge in [-0.05, 0) is 38.5 Å².